The van der Waals surface area contributed by atoms with Gasteiger partial charge in [0.1, 0.15) is 30.4 Å². The number of hydrogen-bond acceptors (Lipinski definition) is 13. The summed E-state index contributed by atoms with van der Waals surface area (Å²) in [7, 11) is 11.1. The molecule has 13 heteroatoms. The summed E-state index contributed by atoms with van der Waals surface area (Å²) in [6, 6.07) is 33.7. The van der Waals surface area contributed by atoms with E-state index in [9.17, 15) is 33.6 Å². The summed E-state index contributed by atoms with van der Waals surface area (Å²) < 4.78 is 10.1. The monoisotopic (exact) mass is 788 g/mol. The van der Waals surface area contributed by atoms with Crippen LogP contribution in [0.3, 0.4) is 0 Å². The topological polar surface area (TPSA) is 185 Å². The van der Waals surface area contributed by atoms with Gasteiger partial charge < -0.3 is 29.5 Å². The van der Waals surface area contributed by atoms with Crippen LogP contribution in [0.4, 0.5) is 11.4 Å². The molecule has 0 amide bonds. The molecule has 0 aliphatic carbocycles. The second-order valence-corrected chi connectivity index (χ2v) is 12.2. The number of fused-ring (bicyclic) bond motifs is 1. The van der Waals surface area contributed by atoms with E-state index in [1.807, 2.05) is 117 Å². The van der Waals surface area contributed by atoms with Crippen LogP contribution in [0.25, 0.3) is 16.8 Å². The number of aromatic hydroxyl groups is 2. The van der Waals surface area contributed by atoms with Gasteiger partial charge in [0, 0.05) is 61.6 Å². The standard InChI is InChI=1S/C12H10O2.C11H13NO.C9H11NO.C8H8O2.C5H2O5/c1-14-12-7-6-9(8-13)10-4-2-3-5-11(10)12;1-12(2)11-7-5-10(6-8-11)4-3-9-13;1-10(2)9-5-3-8(7-11)4-6-9;1-10-8-4-2-7(6-9)3-5-8;6-1-2(7)4(9)5(10)3(1)8/h2-8H,1H3;3-9H,1-2H3;3-7H,1-2H3;2-6H,1H3;6-7H/b;4-3+;;;. The highest BCUT2D eigenvalue weighted by molar-refractivity contribution is 6.00. The van der Waals surface area contributed by atoms with Gasteiger partial charge in [-0.2, -0.15) is 0 Å². The average Bonchev–Trinajstić information content (AvgIpc) is 3.43. The number of ether oxygens (including phenoxy) is 2. The van der Waals surface area contributed by atoms with E-state index >= 15 is 0 Å². The number of nitrogens with zero attached hydrogens (tertiary/aromatic N) is 2. The highest BCUT2D eigenvalue weighted by atomic mass is 16.5. The lowest BCUT2D eigenvalue weighted by Crippen LogP contribution is -2.29. The van der Waals surface area contributed by atoms with Gasteiger partial charge in [0.25, 0.3) is 16.3 Å². The molecule has 0 atom stereocenters. The third-order valence-electron chi connectivity index (χ3n) is 7.91. The maximum absolute atomic E-state index is 10.8. The first-order valence-electron chi connectivity index (χ1n) is 17.2. The summed E-state index contributed by atoms with van der Waals surface area (Å²) >= 11 is 0. The van der Waals surface area contributed by atoms with Crippen LogP contribution in [0.15, 0.2) is 130 Å². The normalized spacial score (nSPS) is 9.76. The van der Waals surface area contributed by atoms with Crippen LogP contribution in [0, 0.1) is 0 Å². The number of aldehydes is 4. The van der Waals surface area contributed by atoms with Crippen molar-refractivity contribution in [3.05, 3.63) is 168 Å². The Morgan fingerprint density at radius 1 is 0.500 bits per heavy atom. The first-order chi connectivity index (χ1) is 27.8. The second-order valence-electron chi connectivity index (χ2n) is 12.2. The van der Waals surface area contributed by atoms with E-state index in [1.165, 1.54) is 6.08 Å². The molecule has 0 spiro atoms. The Hall–Kier alpha value is -7.67. The van der Waals surface area contributed by atoms with Gasteiger partial charge in [-0.25, -0.2) is 0 Å². The number of benzene rings is 5. The van der Waals surface area contributed by atoms with E-state index in [1.54, 1.807) is 50.6 Å². The number of anilines is 2. The fraction of sp³-hybridized carbons (Fsp3) is 0.133. The van der Waals surface area contributed by atoms with E-state index in [2.05, 4.69) is 0 Å². The summed E-state index contributed by atoms with van der Waals surface area (Å²) in [6.45, 7) is 0. The van der Waals surface area contributed by atoms with Gasteiger partial charge in [-0.1, -0.05) is 42.5 Å². The minimum Gasteiger partial charge on any atom is -0.501 e. The Labute approximate surface area is 335 Å². The molecule has 0 fully saturated rings. The fourth-order valence-corrected chi connectivity index (χ4v) is 4.68. The van der Waals surface area contributed by atoms with Crippen molar-refractivity contribution in [1.82, 2.24) is 0 Å². The zero-order valence-corrected chi connectivity index (χ0v) is 32.8. The quantitative estimate of drug-likeness (QED) is 0.103. The first kappa shape index (κ1) is 46.5. The molecule has 0 radical (unpaired) electrons. The number of hydrogen-bond donors (Lipinski definition) is 2. The molecule has 300 valence electrons. The lowest BCUT2D eigenvalue weighted by Gasteiger charge is -2.11. The second kappa shape index (κ2) is 24.0. The van der Waals surface area contributed by atoms with Crippen LogP contribution in [-0.4, -0.2) is 77.8 Å². The van der Waals surface area contributed by atoms with E-state index in [0.717, 1.165) is 69.9 Å². The number of carbonyl (C=O) groups excluding carboxylic acids is 4. The third-order valence-corrected chi connectivity index (χ3v) is 7.91. The van der Waals surface area contributed by atoms with Crippen LogP contribution < -0.4 is 35.6 Å². The molecule has 13 nitrogen and oxygen atoms in total. The number of methoxy groups -OCH3 is 2. The van der Waals surface area contributed by atoms with Gasteiger partial charge in [-0.15, -0.1) is 0 Å². The molecular weight excluding hydrogens is 744 g/mol. The first-order valence-corrected chi connectivity index (χ1v) is 17.2. The van der Waals surface area contributed by atoms with Gasteiger partial charge in [-0.05, 0) is 89.8 Å². The van der Waals surface area contributed by atoms with Gasteiger partial charge in [0.05, 0.1) is 14.2 Å². The zero-order chi connectivity index (χ0) is 43.2. The molecule has 6 aromatic carbocycles. The van der Waals surface area contributed by atoms with Crippen LogP contribution in [0.1, 0.15) is 36.6 Å². The van der Waals surface area contributed by atoms with Crippen molar-refractivity contribution in [2.45, 2.75) is 0 Å². The maximum Gasteiger partial charge on any atom is 0.280 e. The fourth-order valence-electron chi connectivity index (χ4n) is 4.68. The molecule has 6 rings (SSSR count). The van der Waals surface area contributed by atoms with Crippen LogP contribution >= 0.6 is 0 Å². The third kappa shape index (κ3) is 13.9. The largest absolute Gasteiger partial charge is 0.501 e. The SMILES string of the molecule is CN(C)c1ccc(/C=C/C=O)cc1.CN(C)c1ccc(C=O)cc1.COc1ccc(C=O)c2ccccc12.COc1ccc(C=O)cc1.O=c1c(O)c(O)c(=O)c1=O. The molecule has 0 saturated heterocycles. The maximum atomic E-state index is 10.8. The van der Waals surface area contributed by atoms with Crippen molar-refractivity contribution in [2.75, 3.05) is 52.2 Å². The summed E-state index contributed by atoms with van der Waals surface area (Å²) in [5.74, 6) is -0.748. The lowest BCUT2D eigenvalue weighted by atomic mass is 10.0. The number of rotatable bonds is 9. The van der Waals surface area contributed by atoms with E-state index in [4.69, 9.17) is 19.7 Å². The van der Waals surface area contributed by atoms with E-state index in [0.29, 0.717) is 11.1 Å². The van der Waals surface area contributed by atoms with Gasteiger partial charge >= 0.3 is 0 Å². The highest BCUT2D eigenvalue weighted by Gasteiger charge is 2.17. The van der Waals surface area contributed by atoms with Crippen molar-refractivity contribution >= 4 is 53.4 Å². The highest BCUT2D eigenvalue weighted by Crippen LogP contribution is 2.27. The molecule has 6 aromatic rings. The molecule has 0 aliphatic heterocycles. The van der Waals surface area contributed by atoms with Crippen molar-refractivity contribution in [3.63, 3.8) is 0 Å². The van der Waals surface area contributed by atoms with Crippen molar-refractivity contribution in [3.8, 4) is 23.0 Å². The number of carbonyl (C=O) groups is 4. The summed E-state index contributed by atoms with van der Waals surface area (Å²) in [6.07, 6.45) is 6.57. The Bertz CT molecular complexity index is 2380. The predicted molar refractivity (Wildman–Crippen MR) is 227 cm³/mol. The van der Waals surface area contributed by atoms with E-state index < -0.39 is 27.8 Å². The zero-order valence-electron chi connectivity index (χ0n) is 32.8. The molecule has 2 N–H and O–H groups in total. The van der Waals surface area contributed by atoms with Crippen LogP contribution in [0.5, 0.6) is 23.0 Å². The van der Waals surface area contributed by atoms with E-state index in [-0.39, 0.29) is 0 Å². The Kier molecular flexibility index (Phi) is 19.2. The average molecular weight is 789 g/mol. The van der Waals surface area contributed by atoms with Crippen molar-refractivity contribution < 1.29 is 38.9 Å². The van der Waals surface area contributed by atoms with Crippen LogP contribution in [0.2, 0.25) is 0 Å². The molecular formula is C45H44N2O11. The molecule has 0 saturated carbocycles. The molecule has 58 heavy (non-hydrogen) atoms. The molecule has 0 heterocycles. The molecule has 0 bridgehead atoms. The Morgan fingerprint density at radius 2 is 0.948 bits per heavy atom. The smallest absolute Gasteiger partial charge is 0.280 e. The minimum absolute atomic E-state index is 0.667. The minimum atomic E-state index is -1.39. The summed E-state index contributed by atoms with van der Waals surface area (Å²) in [5.41, 5.74) is 1.30. The lowest BCUT2D eigenvalue weighted by molar-refractivity contribution is -0.104. The van der Waals surface area contributed by atoms with Crippen molar-refractivity contribution in [1.29, 1.82) is 0 Å². The summed E-state index contributed by atoms with van der Waals surface area (Å²) in [4.78, 5) is 76.1. The van der Waals surface area contributed by atoms with Gasteiger partial charge in [0.15, 0.2) is 6.29 Å². The van der Waals surface area contributed by atoms with Gasteiger partial charge in [-0.3, -0.25) is 33.6 Å². The van der Waals surface area contributed by atoms with Crippen LogP contribution in [-0.2, 0) is 4.79 Å². The van der Waals surface area contributed by atoms with Gasteiger partial charge in [0.2, 0.25) is 11.5 Å². The van der Waals surface area contributed by atoms with Crippen molar-refractivity contribution in [2.24, 2.45) is 0 Å². The molecule has 0 unspecified atom stereocenters. The Balaban J connectivity index is 0.000000252. The molecule has 0 aliphatic rings. The molecule has 0 aromatic heterocycles. The Morgan fingerprint density at radius 3 is 1.31 bits per heavy atom. The predicted octanol–water partition coefficient (Wildman–Crippen LogP) is 5.75. The number of allylic oxidation sites excluding steroid dienone is 1. The summed E-state index contributed by atoms with van der Waals surface area (Å²) in [5, 5.41) is 18.8.